The molecule has 0 radical (unpaired) electrons. The number of para-hydroxylation sites is 1. The number of likely N-dealkylation sites (tertiary alicyclic amines) is 1. The number of hydrogen-bond donors (Lipinski definition) is 1. The molecule has 1 amide bonds. The molecular formula is C22H30N2O2. The zero-order chi connectivity index (χ0) is 18.7. The number of amides is 1. The van der Waals surface area contributed by atoms with Gasteiger partial charge in [0.05, 0.1) is 7.11 Å². The van der Waals surface area contributed by atoms with Crippen LogP contribution in [0.15, 0.2) is 47.6 Å². The molecule has 1 aromatic carbocycles. The van der Waals surface area contributed by atoms with Crippen LogP contribution < -0.4 is 5.32 Å². The molecule has 0 aromatic heterocycles. The fourth-order valence-corrected chi connectivity index (χ4v) is 4.26. The van der Waals surface area contributed by atoms with Gasteiger partial charge in [-0.2, -0.15) is 0 Å². The largest absolute Gasteiger partial charge is 0.453 e. The third kappa shape index (κ3) is 3.37. The molecule has 0 saturated carbocycles. The van der Waals surface area contributed by atoms with Gasteiger partial charge in [0, 0.05) is 17.6 Å². The van der Waals surface area contributed by atoms with Crippen LogP contribution in [0.5, 0.6) is 0 Å². The first-order valence-corrected chi connectivity index (χ1v) is 9.47. The summed E-state index contributed by atoms with van der Waals surface area (Å²) in [7, 11) is 1.46. The van der Waals surface area contributed by atoms with Crippen molar-refractivity contribution >= 4 is 11.8 Å². The van der Waals surface area contributed by atoms with Crippen LogP contribution in [-0.4, -0.2) is 30.8 Å². The number of fused-ring (bicyclic) bond motifs is 3. The Labute approximate surface area is 156 Å². The minimum absolute atomic E-state index is 0.0332. The number of carbonyl (C=O) groups is 1. The van der Waals surface area contributed by atoms with Crippen molar-refractivity contribution in [1.29, 1.82) is 0 Å². The van der Waals surface area contributed by atoms with Gasteiger partial charge in [0.2, 0.25) is 0 Å². The number of allylic oxidation sites excluding steroid dienone is 4. The van der Waals surface area contributed by atoms with E-state index in [9.17, 15) is 4.79 Å². The second kappa shape index (κ2) is 7.56. The molecule has 2 heterocycles. The van der Waals surface area contributed by atoms with Crippen molar-refractivity contribution in [2.24, 2.45) is 0 Å². The Bertz CT molecular complexity index is 733. The van der Waals surface area contributed by atoms with Gasteiger partial charge in [-0.25, -0.2) is 4.79 Å². The number of anilines is 1. The van der Waals surface area contributed by atoms with E-state index in [0.717, 1.165) is 37.9 Å². The highest BCUT2D eigenvalue weighted by molar-refractivity contribution is 5.73. The van der Waals surface area contributed by atoms with E-state index >= 15 is 0 Å². The van der Waals surface area contributed by atoms with Gasteiger partial charge in [-0.15, -0.1) is 0 Å². The molecule has 2 aliphatic rings. The number of rotatable bonds is 5. The average Bonchev–Trinajstić information content (AvgIpc) is 3.13. The number of benzene rings is 1. The van der Waals surface area contributed by atoms with E-state index < -0.39 is 0 Å². The molecule has 4 nitrogen and oxygen atoms in total. The zero-order valence-corrected chi connectivity index (χ0v) is 16.3. The highest BCUT2D eigenvalue weighted by Gasteiger charge is 2.54. The molecule has 0 unspecified atom stereocenters. The summed E-state index contributed by atoms with van der Waals surface area (Å²) in [5.74, 6) is 0. The van der Waals surface area contributed by atoms with Gasteiger partial charge in [0.15, 0.2) is 0 Å². The smallest absolute Gasteiger partial charge is 0.411 e. The minimum Gasteiger partial charge on any atom is -0.453 e. The Morgan fingerprint density at radius 1 is 1.31 bits per heavy atom. The molecule has 1 N–H and O–H groups in total. The van der Waals surface area contributed by atoms with Crippen LogP contribution in [0.4, 0.5) is 10.5 Å². The number of nitrogens with zero attached hydrogens (tertiary/aromatic N) is 1. The van der Waals surface area contributed by atoms with E-state index in [1.807, 2.05) is 11.0 Å². The maximum atomic E-state index is 12.2. The Morgan fingerprint density at radius 2 is 2.08 bits per heavy atom. The number of carbonyl (C=O) groups excluding carboxylic acids is 1. The zero-order valence-electron chi connectivity index (χ0n) is 16.3. The van der Waals surface area contributed by atoms with Crippen LogP contribution in [-0.2, 0) is 10.2 Å². The van der Waals surface area contributed by atoms with Gasteiger partial charge in [-0.3, -0.25) is 4.90 Å². The summed E-state index contributed by atoms with van der Waals surface area (Å²) in [5.41, 5.74) is 5.18. The van der Waals surface area contributed by atoms with Crippen LogP contribution in [0.3, 0.4) is 0 Å². The highest BCUT2D eigenvalue weighted by Crippen LogP contribution is 2.51. The summed E-state index contributed by atoms with van der Waals surface area (Å²) in [4.78, 5) is 14.1. The SMILES string of the molecule is COC(=O)N1CC[C@@]2(C/C=C(\C)CCC=C(C)C)c3ccccc3N[C@@H]12. The topological polar surface area (TPSA) is 41.6 Å². The first-order chi connectivity index (χ1) is 12.5. The molecule has 4 heteroatoms. The summed E-state index contributed by atoms with van der Waals surface area (Å²) in [5, 5.41) is 3.57. The quantitative estimate of drug-likeness (QED) is 0.736. The van der Waals surface area contributed by atoms with Crippen LogP contribution in [0.1, 0.15) is 52.0 Å². The molecule has 1 fully saturated rings. The van der Waals surface area contributed by atoms with Gasteiger partial charge in [0.1, 0.15) is 6.17 Å². The average molecular weight is 354 g/mol. The normalized spacial score (nSPS) is 23.9. The molecule has 0 bridgehead atoms. The molecule has 2 aliphatic heterocycles. The summed E-state index contributed by atoms with van der Waals surface area (Å²) >= 11 is 0. The van der Waals surface area contributed by atoms with E-state index in [0.29, 0.717) is 0 Å². The predicted molar refractivity (Wildman–Crippen MR) is 106 cm³/mol. The first-order valence-electron chi connectivity index (χ1n) is 9.47. The third-order valence-corrected chi connectivity index (χ3v) is 5.70. The lowest BCUT2D eigenvalue weighted by Crippen LogP contribution is -2.46. The van der Waals surface area contributed by atoms with Gasteiger partial charge < -0.3 is 10.1 Å². The Balaban J connectivity index is 1.83. The Morgan fingerprint density at radius 3 is 2.81 bits per heavy atom. The fourth-order valence-electron chi connectivity index (χ4n) is 4.26. The lowest BCUT2D eigenvalue weighted by molar-refractivity contribution is 0.118. The van der Waals surface area contributed by atoms with E-state index in [1.165, 1.54) is 23.8 Å². The molecular weight excluding hydrogens is 324 g/mol. The molecule has 1 saturated heterocycles. The number of nitrogens with one attached hydrogen (secondary N) is 1. The van der Waals surface area contributed by atoms with Crippen LogP contribution >= 0.6 is 0 Å². The van der Waals surface area contributed by atoms with Crippen molar-refractivity contribution in [1.82, 2.24) is 4.90 Å². The van der Waals surface area contributed by atoms with Crippen molar-refractivity contribution in [3.05, 3.63) is 53.1 Å². The molecule has 0 aliphatic carbocycles. The lowest BCUT2D eigenvalue weighted by Gasteiger charge is -2.31. The van der Waals surface area contributed by atoms with E-state index in [4.69, 9.17) is 4.74 Å². The Hall–Kier alpha value is -2.23. The number of hydrogen-bond acceptors (Lipinski definition) is 3. The van der Waals surface area contributed by atoms with E-state index in [2.05, 4.69) is 56.4 Å². The fraction of sp³-hybridized carbons (Fsp3) is 0.500. The number of ether oxygens (including phenoxy) is 1. The van der Waals surface area contributed by atoms with Crippen LogP contribution in [0.25, 0.3) is 0 Å². The maximum absolute atomic E-state index is 12.2. The highest BCUT2D eigenvalue weighted by atomic mass is 16.5. The molecule has 2 atom stereocenters. The lowest BCUT2D eigenvalue weighted by atomic mass is 9.76. The Kier molecular flexibility index (Phi) is 5.40. The molecule has 0 spiro atoms. The summed E-state index contributed by atoms with van der Waals surface area (Å²) in [6, 6.07) is 8.45. The third-order valence-electron chi connectivity index (χ3n) is 5.70. The van der Waals surface area contributed by atoms with E-state index in [1.54, 1.807) is 0 Å². The van der Waals surface area contributed by atoms with Crippen molar-refractivity contribution in [3.63, 3.8) is 0 Å². The van der Waals surface area contributed by atoms with Crippen LogP contribution in [0.2, 0.25) is 0 Å². The molecule has 140 valence electrons. The monoisotopic (exact) mass is 354 g/mol. The van der Waals surface area contributed by atoms with Gasteiger partial charge in [-0.1, -0.05) is 41.5 Å². The second-order valence-corrected chi connectivity index (χ2v) is 7.74. The van der Waals surface area contributed by atoms with Gasteiger partial charge in [0.25, 0.3) is 0 Å². The minimum atomic E-state index is -0.249. The van der Waals surface area contributed by atoms with Crippen molar-refractivity contribution in [2.75, 3.05) is 19.0 Å². The second-order valence-electron chi connectivity index (χ2n) is 7.74. The van der Waals surface area contributed by atoms with Crippen molar-refractivity contribution in [2.45, 2.75) is 58.0 Å². The molecule has 1 aromatic rings. The summed E-state index contributed by atoms with van der Waals surface area (Å²) < 4.78 is 5.01. The van der Waals surface area contributed by atoms with E-state index in [-0.39, 0.29) is 17.7 Å². The summed E-state index contributed by atoms with van der Waals surface area (Å²) in [6.45, 7) is 7.22. The van der Waals surface area contributed by atoms with Crippen molar-refractivity contribution < 1.29 is 9.53 Å². The summed E-state index contributed by atoms with van der Waals surface area (Å²) in [6.07, 6.45) is 8.45. The maximum Gasteiger partial charge on any atom is 0.411 e. The standard InChI is InChI=1S/C22H30N2O2/c1-16(2)8-7-9-17(3)12-13-22-14-15-24(21(25)26-4)20(22)23-19-11-6-5-10-18(19)22/h5-6,8,10-12,20,23H,7,9,13-15H2,1-4H3/b17-12+/t20-,22-/m0/s1. The number of methoxy groups -OCH3 is 1. The van der Waals surface area contributed by atoms with Gasteiger partial charge >= 0.3 is 6.09 Å². The first kappa shape index (κ1) is 18.6. The van der Waals surface area contributed by atoms with Crippen LogP contribution in [0, 0.1) is 0 Å². The molecule has 26 heavy (non-hydrogen) atoms. The van der Waals surface area contributed by atoms with Gasteiger partial charge in [-0.05, 0) is 58.1 Å². The van der Waals surface area contributed by atoms with Crippen molar-refractivity contribution in [3.8, 4) is 0 Å². The molecule has 3 rings (SSSR count). The predicted octanol–water partition coefficient (Wildman–Crippen LogP) is 5.23.